The molecule has 0 radical (unpaired) electrons. The van der Waals surface area contributed by atoms with Crippen LogP contribution in [0, 0.1) is 11.3 Å². The molecule has 0 aliphatic carbocycles. The number of amides is 2. The smallest absolute Gasteiger partial charge is 0.319 e. The zero-order valence-corrected chi connectivity index (χ0v) is 10.3. The summed E-state index contributed by atoms with van der Waals surface area (Å²) in [6.07, 6.45) is 0.260. The first-order valence-electron chi connectivity index (χ1n) is 5.35. The minimum Gasteiger partial charge on any atom is -0.494 e. The number of nitriles is 1. The van der Waals surface area contributed by atoms with Gasteiger partial charge >= 0.3 is 6.03 Å². The van der Waals surface area contributed by atoms with Crippen molar-refractivity contribution in [3.05, 3.63) is 18.2 Å². The molecule has 1 aromatic carbocycles. The highest BCUT2D eigenvalue weighted by molar-refractivity contribution is 5.92. The van der Waals surface area contributed by atoms with Crippen LogP contribution in [0.1, 0.15) is 6.42 Å². The zero-order chi connectivity index (χ0) is 13.4. The summed E-state index contributed by atoms with van der Waals surface area (Å²) in [6, 6.07) is 6.72. The van der Waals surface area contributed by atoms with E-state index in [0.717, 1.165) is 0 Å². The molecule has 0 aliphatic rings. The average Bonchev–Trinajstić information content (AvgIpc) is 2.39. The second kappa shape index (κ2) is 7.01. The molecular formula is C12H15N3O3. The molecule has 0 spiro atoms. The molecule has 0 atom stereocenters. The van der Waals surface area contributed by atoms with E-state index in [9.17, 15) is 4.79 Å². The van der Waals surface area contributed by atoms with Crippen LogP contribution in [-0.4, -0.2) is 26.8 Å². The summed E-state index contributed by atoms with van der Waals surface area (Å²) in [4.78, 5) is 11.6. The van der Waals surface area contributed by atoms with Crippen molar-refractivity contribution >= 4 is 11.7 Å². The molecule has 2 N–H and O–H groups in total. The Labute approximate surface area is 106 Å². The topological polar surface area (TPSA) is 83.4 Å². The maximum Gasteiger partial charge on any atom is 0.319 e. The van der Waals surface area contributed by atoms with Gasteiger partial charge in [-0.05, 0) is 12.1 Å². The van der Waals surface area contributed by atoms with Gasteiger partial charge in [0.15, 0.2) is 0 Å². The molecule has 0 heterocycles. The van der Waals surface area contributed by atoms with Crippen molar-refractivity contribution in [1.82, 2.24) is 5.32 Å². The fourth-order valence-corrected chi connectivity index (χ4v) is 1.36. The minimum absolute atomic E-state index is 0.260. The van der Waals surface area contributed by atoms with Gasteiger partial charge in [0, 0.05) is 6.54 Å². The third kappa shape index (κ3) is 3.56. The van der Waals surface area contributed by atoms with E-state index in [4.69, 9.17) is 14.7 Å². The van der Waals surface area contributed by atoms with Crippen molar-refractivity contribution in [1.29, 1.82) is 5.26 Å². The van der Waals surface area contributed by atoms with E-state index >= 15 is 0 Å². The molecule has 18 heavy (non-hydrogen) atoms. The number of methoxy groups -OCH3 is 2. The molecule has 1 aromatic rings. The summed E-state index contributed by atoms with van der Waals surface area (Å²) < 4.78 is 10.3. The number of hydrogen-bond donors (Lipinski definition) is 2. The van der Waals surface area contributed by atoms with E-state index < -0.39 is 6.03 Å². The molecule has 0 aliphatic heterocycles. The van der Waals surface area contributed by atoms with Gasteiger partial charge in [-0.3, -0.25) is 0 Å². The standard InChI is InChI=1S/C12H15N3O3/c1-17-9-5-3-6-10(18-2)11(9)15-12(16)14-8-4-7-13/h3,5-6H,4,8H2,1-2H3,(H2,14,15,16). The number of carbonyl (C=O) groups excluding carboxylic acids is 1. The molecule has 0 unspecified atom stereocenters. The van der Waals surface area contributed by atoms with Crippen LogP contribution in [0.15, 0.2) is 18.2 Å². The summed E-state index contributed by atoms with van der Waals surface area (Å²) in [5.74, 6) is 1.01. The fourth-order valence-electron chi connectivity index (χ4n) is 1.36. The molecule has 0 fully saturated rings. The Kier molecular flexibility index (Phi) is 5.32. The number of ether oxygens (including phenoxy) is 2. The fraction of sp³-hybridized carbons (Fsp3) is 0.333. The van der Waals surface area contributed by atoms with Crippen LogP contribution in [0.5, 0.6) is 11.5 Å². The highest BCUT2D eigenvalue weighted by Gasteiger charge is 2.12. The first-order chi connectivity index (χ1) is 8.72. The number of urea groups is 1. The lowest BCUT2D eigenvalue weighted by Gasteiger charge is -2.14. The molecule has 0 saturated heterocycles. The summed E-state index contributed by atoms with van der Waals surface area (Å²) in [5, 5.41) is 13.6. The normalized spacial score (nSPS) is 9.17. The largest absolute Gasteiger partial charge is 0.494 e. The third-order valence-electron chi connectivity index (χ3n) is 2.19. The Morgan fingerprint density at radius 3 is 2.44 bits per heavy atom. The lowest BCUT2D eigenvalue weighted by atomic mass is 10.2. The molecule has 6 heteroatoms. The number of hydrogen-bond acceptors (Lipinski definition) is 4. The Bertz CT molecular complexity index is 432. The van der Waals surface area contributed by atoms with E-state index in [0.29, 0.717) is 23.7 Å². The average molecular weight is 249 g/mol. The monoisotopic (exact) mass is 249 g/mol. The van der Waals surface area contributed by atoms with E-state index in [1.807, 2.05) is 6.07 Å². The van der Waals surface area contributed by atoms with E-state index in [1.54, 1.807) is 18.2 Å². The summed E-state index contributed by atoms with van der Waals surface area (Å²) in [5.41, 5.74) is 0.456. The van der Waals surface area contributed by atoms with Crippen molar-refractivity contribution in [2.24, 2.45) is 0 Å². The van der Waals surface area contributed by atoms with Crippen molar-refractivity contribution in [2.45, 2.75) is 6.42 Å². The predicted octanol–water partition coefficient (Wildman–Crippen LogP) is 1.74. The van der Waals surface area contributed by atoms with Gasteiger partial charge in [-0.15, -0.1) is 0 Å². The van der Waals surface area contributed by atoms with Gasteiger partial charge in [0.2, 0.25) is 0 Å². The van der Waals surface area contributed by atoms with E-state index in [1.165, 1.54) is 14.2 Å². The SMILES string of the molecule is COc1cccc(OC)c1NC(=O)NCCC#N. The number of carbonyl (C=O) groups is 1. The second-order valence-corrected chi connectivity index (χ2v) is 3.33. The van der Waals surface area contributed by atoms with Gasteiger partial charge in [-0.25, -0.2) is 4.79 Å². The predicted molar refractivity (Wildman–Crippen MR) is 66.8 cm³/mol. The van der Waals surface area contributed by atoms with Gasteiger partial charge in [-0.1, -0.05) is 6.07 Å². The molecule has 0 aromatic heterocycles. The molecule has 6 nitrogen and oxygen atoms in total. The van der Waals surface area contributed by atoms with Gasteiger partial charge in [-0.2, -0.15) is 5.26 Å². The van der Waals surface area contributed by atoms with Crippen molar-refractivity contribution < 1.29 is 14.3 Å². The summed E-state index contributed by atoms with van der Waals surface area (Å²) >= 11 is 0. The molecule has 96 valence electrons. The highest BCUT2D eigenvalue weighted by atomic mass is 16.5. The van der Waals surface area contributed by atoms with Crippen LogP contribution in [-0.2, 0) is 0 Å². The highest BCUT2D eigenvalue weighted by Crippen LogP contribution is 2.33. The number of para-hydroxylation sites is 1. The van der Waals surface area contributed by atoms with E-state index in [-0.39, 0.29) is 6.42 Å². The Balaban J connectivity index is 2.76. The number of benzene rings is 1. The minimum atomic E-state index is -0.409. The molecule has 0 bridgehead atoms. The lowest BCUT2D eigenvalue weighted by molar-refractivity contribution is 0.252. The summed E-state index contributed by atoms with van der Waals surface area (Å²) in [7, 11) is 3.01. The van der Waals surface area contributed by atoms with Crippen LogP contribution in [0.2, 0.25) is 0 Å². The van der Waals surface area contributed by atoms with Crippen molar-refractivity contribution in [3.63, 3.8) is 0 Å². The number of nitrogens with zero attached hydrogens (tertiary/aromatic N) is 1. The van der Waals surface area contributed by atoms with Crippen LogP contribution in [0.3, 0.4) is 0 Å². The van der Waals surface area contributed by atoms with Gasteiger partial charge in [0.05, 0.1) is 26.7 Å². The molecule has 2 amide bonds. The van der Waals surface area contributed by atoms with Gasteiger partial charge < -0.3 is 20.1 Å². The maximum absolute atomic E-state index is 11.6. The Hall–Kier alpha value is -2.42. The van der Waals surface area contributed by atoms with Crippen LogP contribution < -0.4 is 20.1 Å². The number of anilines is 1. The lowest BCUT2D eigenvalue weighted by Crippen LogP contribution is -2.29. The van der Waals surface area contributed by atoms with Crippen molar-refractivity contribution in [2.75, 3.05) is 26.1 Å². The van der Waals surface area contributed by atoms with Crippen LogP contribution in [0.4, 0.5) is 10.5 Å². The zero-order valence-electron chi connectivity index (χ0n) is 10.3. The summed E-state index contributed by atoms with van der Waals surface area (Å²) in [6.45, 7) is 0.291. The van der Waals surface area contributed by atoms with Gasteiger partial charge in [0.1, 0.15) is 17.2 Å². The molecule has 1 rings (SSSR count). The van der Waals surface area contributed by atoms with Gasteiger partial charge in [0.25, 0.3) is 0 Å². The van der Waals surface area contributed by atoms with E-state index in [2.05, 4.69) is 10.6 Å². The van der Waals surface area contributed by atoms with Crippen molar-refractivity contribution in [3.8, 4) is 17.6 Å². The molecular weight excluding hydrogens is 234 g/mol. The first-order valence-corrected chi connectivity index (χ1v) is 5.35. The Morgan fingerprint density at radius 2 is 1.94 bits per heavy atom. The number of rotatable bonds is 5. The number of nitrogens with one attached hydrogen (secondary N) is 2. The van der Waals surface area contributed by atoms with Crippen LogP contribution in [0.25, 0.3) is 0 Å². The molecule has 0 saturated carbocycles. The third-order valence-corrected chi connectivity index (χ3v) is 2.19. The maximum atomic E-state index is 11.6. The Morgan fingerprint density at radius 1 is 1.33 bits per heavy atom. The second-order valence-electron chi connectivity index (χ2n) is 3.33. The first kappa shape index (κ1) is 13.6. The quantitative estimate of drug-likeness (QED) is 0.778. The van der Waals surface area contributed by atoms with Crippen LogP contribution >= 0.6 is 0 Å².